The number of rotatable bonds is 3. The van der Waals surface area contributed by atoms with Crippen LogP contribution < -0.4 is 4.90 Å². The van der Waals surface area contributed by atoms with Crippen molar-refractivity contribution in [1.29, 1.82) is 0 Å². The summed E-state index contributed by atoms with van der Waals surface area (Å²) in [6.45, 7) is 0. The van der Waals surface area contributed by atoms with Crippen LogP contribution in [0.25, 0.3) is 0 Å². The molecule has 0 aromatic heterocycles. The number of benzene rings is 2. The van der Waals surface area contributed by atoms with Crippen molar-refractivity contribution in [3.8, 4) is 0 Å². The van der Waals surface area contributed by atoms with Gasteiger partial charge in [-0.15, -0.1) is 0 Å². The van der Waals surface area contributed by atoms with Crippen molar-refractivity contribution < 1.29 is 13.2 Å². The van der Waals surface area contributed by atoms with E-state index in [0.717, 1.165) is 0 Å². The zero-order chi connectivity index (χ0) is 16.4. The molecule has 0 unspecified atom stereocenters. The third kappa shape index (κ3) is 3.46. The van der Waals surface area contributed by atoms with Crippen molar-refractivity contribution in [2.45, 2.75) is 6.04 Å². The van der Waals surface area contributed by atoms with Gasteiger partial charge in [0.05, 0.1) is 11.8 Å². The minimum atomic E-state index is -3.27. The Balaban J connectivity index is 2.00. The smallest absolute Gasteiger partial charge is 0.258 e. The second kappa shape index (κ2) is 6.18. The highest BCUT2D eigenvalue weighted by Gasteiger charge is 2.31. The number of carbonyl (C=O) groups is 1. The number of amides is 1. The molecule has 0 fully saturated rings. The molecule has 3 rings (SSSR count). The van der Waals surface area contributed by atoms with Gasteiger partial charge in [-0.05, 0) is 42.5 Å². The van der Waals surface area contributed by atoms with Crippen LogP contribution in [0.15, 0.2) is 66.1 Å². The topological polar surface area (TPSA) is 54.5 Å². The second-order valence-corrected chi connectivity index (χ2v) is 7.61. The molecule has 1 atom stereocenters. The molecule has 4 nitrogen and oxygen atoms in total. The highest BCUT2D eigenvalue weighted by Crippen LogP contribution is 2.25. The summed E-state index contributed by atoms with van der Waals surface area (Å²) in [7, 11) is -3.27. The van der Waals surface area contributed by atoms with Crippen molar-refractivity contribution in [3.63, 3.8) is 0 Å². The monoisotopic (exact) mass is 347 g/mol. The molecule has 0 N–H and O–H groups in total. The Morgan fingerprint density at radius 3 is 2.26 bits per heavy atom. The standard InChI is InChI=1S/C17H14ClNO3S/c18-14-8-6-13(7-9-14)17(20)19(15-4-2-1-3-5-15)16-10-11-23(21,22)12-16/h1-11,16H,12H2/t16-/m1/s1. The fourth-order valence-corrected chi connectivity index (χ4v) is 3.89. The van der Waals surface area contributed by atoms with Gasteiger partial charge in [-0.1, -0.05) is 29.8 Å². The molecular formula is C17H14ClNO3S. The number of hydrogen-bond donors (Lipinski definition) is 0. The summed E-state index contributed by atoms with van der Waals surface area (Å²) in [5, 5.41) is 1.71. The SMILES string of the molecule is O=C(c1ccc(Cl)cc1)N(c1ccccc1)[C@@H]1C=CS(=O)(=O)C1. The van der Waals surface area contributed by atoms with Crippen LogP contribution in [0.3, 0.4) is 0 Å². The van der Waals surface area contributed by atoms with Crippen LogP contribution in [0.1, 0.15) is 10.4 Å². The summed E-state index contributed by atoms with van der Waals surface area (Å²) < 4.78 is 23.5. The first-order chi connectivity index (χ1) is 11.0. The Morgan fingerprint density at radius 1 is 1.04 bits per heavy atom. The third-order valence-corrected chi connectivity index (χ3v) is 5.22. The van der Waals surface area contributed by atoms with Crippen molar-refractivity contribution in [2.75, 3.05) is 10.7 Å². The van der Waals surface area contributed by atoms with Gasteiger partial charge in [0.15, 0.2) is 9.84 Å². The molecule has 6 heteroatoms. The molecule has 23 heavy (non-hydrogen) atoms. The number of hydrogen-bond acceptors (Lipinski definition) is 3. The predicted octanol–water partition coefficient (Wildman–Crippen LogP) is 3.30. The van der Waals surface area contributed by atoms with Crippen molar-refractivity contribution in [2.24, 2.45) is 0 Å². The van der Waals surface area contributed by atoms with E-state index in [1.807, 2.05) is 18.2 Å². The quantitative estimate of drug-likeness (QED) is 0.856. The Bertz CT molecular complexity index is 845. The molecule has 118 valence electrons. The lowest BCUT2D eigenvalue weighted by molar-refractivity contribution is 0.0983. The van der Waals surface area contributed by atoms with E-state index in [-0.39, 0.29) is 11.7 Å². The van der Waals surface area contributed by atoms with Crippen LogP contribution >= 0.6 is 11.6 Å². The van der Waals surface area contributed by atoms with E-state index in [1.165, 1.54) is 10.3 Å². The molecule has 0 radical (unpaired) electrons. The molecule has 0 aliphatic carbocycles. The van der Waals surface area contributed by atoms with Gasteiger partial charge in [-0.25, -0.2) is 8.42 Å². The van der Waals surface area contributed by atoms with Crippen LogP contribution in [0.4, 0.5) is 5.69 Å². The highest BCUT2D eigenvalue weighted by atomic mass is 35.5. The fraction of sp³-hybridized carbons (Fsp3) is 0.118. The zero-order valence-corrected chi connectivity index (χ0v) is 13.7. The lowest BCUT2D eigenvalue weighted by Gasteiger charge is -2.27. The fourth-order valence-electron chi connectivity index (χ4n) is 2.50. The molecule has 0 bridgehead atoms. The highest BCUT2D eigenvalue weighted by molar-refractivity contribution is 7.94. The van der Waals surface area contributed by atoms with E-state index in [0.29, 0.717) is 16.3 Å². The second-order valence-electron chi connectivity index (χ2n) is 5.24. The van der Waals surface area contributed by atoms with E-state index >= 15 is 0 Å². The Kier molecular flexibility index (Phi) is 4.24. The molecule has 0 saturated carbocycles. The maximum atomic E-state index is 12.9. The van der Waals surface area contributed by atoms with Gasteiger partial charge in [-0.2, -0.15) is 0 Å². The van der Waals surface area contributed by atoms with E-state index in [4.69, 9.17) is 11.6 Å². The molecule has 1 heterocycles. The molecule has 0 saturated heterocycles. The van der Waals surface area contributed by atoms with Crippen molar-refractivity contribution >= 4 is 33.0 Å². The van der Waals surface area contributed by atoms with Crippen LogP contribution in [0.5, 0.6) is 0 Å². The van der Waals surface area contributed by atoms with Crippen LogP contribution in [-0.4, -0.2) is 26.1 Å². The first kappa shape index (κ1) is 15.8. The summed E-state index contributed by atoms with van der Waals surface area (Å²) in [6, 6.07) is 15.1. The molecule has 2 aromatic carbocycles. The molecule has 2 aromatic rings. The summed E-state index contributed by atoms with van der Waals surface area (Å²) in [5.41, 5.74) is 1.11. The lowest BCUT2D eigenvalue weighted by atomic mass is 10.1. The van der Waals surface area contributed by atoms with Crippen molar-refractivity contribution in [1.82, 2.24) is 0 Å². The first-order valence-corrected chi connectivity index (χ1v) is 9.11. The van der Waals surface area contributed by atoms with Gasteiger partial charge in [0, 0.05) is 21.7 Å². The Morgan fingerprint density at radius 2 is 1.70 bits per heavy atom. The molecule has 1 aliphatic rings. The van der Waals surface area contributed by atoms with Gasteiger partial charge in [0.25, 0.3) is 5.91 Å². The van der Waals surface area contributed by atoms with Crippen LogP contribution in [0, 0.1) is 0 Å². The summed E-state index contributed by atoms with van der Waals surface area (Å²) in [6.07, 6.45) is 1.55. The molecular weight excluding hydrogens is 334 g/mol. The minimum Gasteiger partial charge on any atom is -0.300 e. The zero-order valence-electron chi connectivity index (χ0n) is 12.1. The molecule has 1 aliphatic heterocycles. The predicted molar refractivity (Wildman–Crippen MR) is 91.4 cm³/mol. The van der Waals surface area contributed by atoms with Gasteiger partial charge in [-0.3, -0.25) is 4.79 Å². The number of carbonyl (C=O) groups excluding carboxylic acids is 1. The van der Waals surface area contributed by atoms with E-state index in [9.17, 15) is 13.2 Å². The van der Waals surface area contributed by atoms with Gasteiger partial charge in [0.2, 0.25) is 0 Å². The maximum absolute atomic E-state index is 12.9. The van der Waals surface area contributed by atoms with Crippen LogP contribution in [-0.2, 0) is 9.84 Å². The number of sulfone groups is 1. The third-order valence-electron chi connectivity index (χ3n) is 3.59. The average Bonchev–Trinajstić information content (AvgIpc) is 2.89. The summed E-state index contributed by atoms with van der Waals surface area (Å²) in [4.78, 5) is 14.4. The summed E-state index contributed by atoms with van der Waals surface area (Å²) in [5.74, 6) is -0.374. The normalized spacial score (nSPS) is 18.7. The lowest BCUT2D eigenvalue weighted by Crippen LogP contribution is -2.41. The first-order valence-electron chi connectivity index (χ1n) is 7.01. The maximum Gasteiger partial charge on any atom is 0.258 e. The van der Waals surface area contributed by atoms with Crippen LogP contribution in [0.2, 0.25) is 5.02 Å². The Hall–Kier alpha value is -2.11. The minimum absolute atomic E-state index is 0.110. The number of anilines is 1. The van der Waals surface area contributed by atoms with Gasteiger partial charge >= 0.3 is 0 Å². The molecule has 1 amide bonds. The molecule has 0 spiro atoms. The number of para-hydroxylation sites is 1. The van der Waals surface area contributed by atoms with E-state index < -0.39 is 15.9 Å². The van der Waals surface area contributed by atoms with Gasteiger partial charge in [0.1, 0.15) is 0 Å². The largest absolute Gasteiger partial charge is 0.300 e. The van der Waals surface area contributed by atoms with Crippen molar-refractivity contribution in [3.05, 3.63) is 76.7 Å². The summed E-state index contributed by atoms with van der Waals surface area (Å²) >= 11 is 5.86. The van der Waals surface area contributed by atoms with E-state index in [1.54, 1.807) is 42.5 Å². The van der Waals surface area contributed by atoms with E-state index in [2.05, 4.69) is 0 Å². The Labute approximate surface area is 139 Å². The van der Waals surface area contributed by atoms with Gasteiger partial charge < -0.3 is 4.90 Å². The number of nitrogens with zero attached hydrogens (tertiary/aromatic N) is 1. The number of halogens is 1. The average molecular weight is 348 g/mol.